The van der Waals surface area contributed by atoms with Gasteiger partial charge in [0.05, 0.1) is 12.7 Å². The van der Waals surface area contributed by atoms with E-state index in [-0.39, 0.29) is 5.97 Å². The normalized spacial score (nSPS) is 13.8. The molecule has 1 heterocycles. The maximum Gasteiger partial charge on any atom is 0.338 e. The zero-order chi connectivity index (χ0) is 10.7. The molecule has 0 amide bonds. The fourth-order valence-electron chi connectivity index (χ4n) is 1.34. The summed E-state index contributed by atoms with van der Waals surface area (Å²) >= 11 is 1.35. The average Bonchev–Trinajstić information content (AvgIpc) is 2.50. The van der Waals surface area contributed by atoms with Gasteiger partial charge in [-0.3, -0.25) is 0 Å². The van der Waals surface area contributed by atoms with Gasteiger partial charge in [0.15, 0.2) is 0 Å². The minimum atomic E-state index is -0.337. The minimum absolute atomic E-state index is 0.337. The van der Waals surface area contributed by atoms with Crippen LogP contribution in [0, 0.1) is 0 Å². The zero-order valence-electron chi connectivity index (χ0n) is 8.14. The van der Waals surface area contributed by atoms with Gasteiger partial charge >= 0.3 is 5.97 Å². The molecule has 0 saturated carbocycles. The molecule has 0 fully saturated rings. The van der Waals surface area contributed by atoms with E-state index in [0.717, 1.165) is 10.5 Å². The van der Waals surface area contributed by atoms with Crippen LogP contribution in [0.4, 0.5) is 0 Å². The van der Waals surface area contributed by atoms with Crippen molar-refractivity contribution in [2.24, 2.45) is 4.40 Å². The predicted octanol–water partition coefficient (Wildman–Crippen LogP) is 2.33. The lowest BCUT2D eigenvalue weighted by Crippen LogP contribution is -2.04. The Labute approximate surface area is 92.0 Å². The van der Waals surface area contributed by atoms with Crippen LogP contribution in [0.3, 0.4) is 0 Å². The smallest absolute Gasteiger partial charge is 0.338 e. The fourth-order valence-corrected chi connectivity index (χ4v) is 1.99. The second-order valence-electron chi connectivity index (χ2n) is 2.91. The highest BCUT2D eigenvalue weighted by molar-refractivity contribution is 7.98. The molecule has 76 valence electrons. The first-order valence-corrected chi connectivity index (χ1v) is 5.18. The van der Waals surface area contributed by atoms with E-state index < -0.39 is 0 Å². The number of ether oxygens (including phenoxy) is 1. The van der Waals surface area contributed by atoms with Crippen LogP contribution in [0.2, 0.25) is 0 Å². The van der Waals surface area contributed by atoms with E-state index in [9.17, 15) is 4.79 Å². The molecule has 0 spiro atoms. The Hall–Kier alpha value is -1.55. The maximum atomic E-state index is 11.5. The van der Waals surface area contributed by atoms with E-state index >= 15 is 0 Å². The summed E-state index contributed by atoms with van der Waals surface area (Å²) in [7, 11) is 1.38. The molecule has 0 atom stereocenters. The number of hydrogen-bond donors (Lipinski definition) is 0. The number of carbonyl (C=O) groups is 1. The van der Waals surface area contributed by atoms with Crippen LogP contribution in [0.15, 0.2) is 39.6 Å². The molecule has 0 unspecified atom stereocenters. The summed E-state index contributed by atoms with van der Waals surface area (Å²) in [5, 5.41) is 0. The maximum absolute atomic E-state index is 11.5. The van der Waals surface area contributed by atoms with Gasteiger partial charge in [0.25, 0.3) is 0 Å². The molecule has 1 aromatic carbocycles. The molecule has 2 rings (SSSR count). The summed E-state index contributed by atoms with van der Waals surface area (Å²) < 4.78 is 8.81. The third kappa shape index (κ3) is 1.94. The van der Waals surface area contributed by atoms with Gasteiger partial charge in [0.2, 0.25) is 0 Å². The van der Waals surface area contributed by atoms with Crippen molar-refractivity contribution in [3.63, 3.8) is 0 Å². The second-order valence-corrected chi connectivity index (χ2v) is 3.75. The van der Waals surface area contributed by atoms with Gasteiger partial charge in [-0.25, -0.2) is 9.19 Å². The van der Waals surface area contributed by atoms with Gasteiger partial charge in [-0.2, -0.15) is 0 Å². The molecule has 0 aliphatic carbocycles. The lowest BCUT2D eigenvalue weighted by atomic mass is 10.1. The molecule has 0 bridgehead atoms. The minimum Gasteiger partial charge on any atom is -0.465 e. The van der Waals surface area contributed by atoms with Crippen molar-refractivity contribution >= 4 is 29.7 Å². The van der Waals surface area contributed by atoms with Crippen molar-refractivity contribution in [3.05, 3.63) is 35.9 Å². The van der Waals surface area contributed by atoms with Crippen molar-refractivity contribution in [2.45, 2.75) is 4.90 Å². The Bertz CT molecular complexity index is 452. The van der Waals surface area contributed by atoms with E-state index in [1.807, 2.05) is 24.3 Å². The van der Waals surface area contributed by atoms with Gasteiger partial charge in [-0.15, -0.1) is 0 Å². The van der Waals surface area contributed by atoms with Gasteiger partial charge < -0.3 is 4.74 Å². The van der Waals surface area contributed by atoms with E-state index in [1.165, 1.54) is 19.1 Å². The summed E-state index contributed by atoms with van der Waals surface area (Å²) in [6, 6.07) is 7.63. The number of rotatable bonds is 1. The van der Waals surface area contributed by atoms with E-state index in [0.29, 0.717) is 5.57 Å². The predicted molar refractivity (Wildman–Crippen MR) is 60.8 cm³/mol. The molecular formula is C11H9NO2S. The van der Waals surface area contributed by atoms with Gasteiger partial charge in [-0.1, -0.05) is 18.2 Å². The van der Waals surface area contributed by atoms with E-state index in [4.69, 9.17) is 4.74 Å². The standard InChI is InChI=1S/C11H9NO2S/c1-14-11(13)9-6-7-12-15-10-5-3-2-4-8(9)10/h2-7H,1H3. The molecule has 0 radical (unpaired) electrons. The molecule has 1 aromatic rings. The molecule has 1 aliphatic heterocycles. The number of esters is 1. The van der Waals surface area contributed by atoms with Crippen molar-refractivity contribution in [2.75, 3.05) is 7.11 Å². The third-order valence-corrected chi connectivity index (χ3v) is 2.82. The van der Waals surface area contributed by atoms with Gasteiger partial charge in [-0.05, 0) is 12.1 Å². The first-order chi connectivity index (χ1) is 7.33. The SMILES string of the molecule is COC(=O)C1=CC=NSc2ccccc21. The summed E-state index contributed by atoms with van der Waals surface area (Å²) in [4.78, 5) is 12.5. The summed E-state index contributed by atoms with van der Waals surface area (Å²) in [5.41, 5.74) is 1.41. The highest BCUT2D eigenvalue weighted by Gasteiger charge is 2.16. The fraction of sp³-hybridized carbons (Fsp3) is 0.0909. The highest BCUT2D eigenvalue weighted by Crippen LogP contribution is 2.31. The Kier molecular flexibility index (Phi) is 2.87. The molecule has 0 N–H and O–H groups in total. The second kappa shape index (κ2) is 4.31. The molecule has 0 saturated heterocycles. The Morgan fingerprint density at radius 3 is 3.00 bits per heavy atom. The summed E-state index contributed by atoms with van der Waals surface area (Å²) in [6.07, 6.45) is 3.28. The number of methoxy groups -OCH3 is 1. The van der Waals surface area contributed by atoms with Crippen LogP contribution in [-0.4, -0.2) is 19.3 Å². The summed E-state index contributed by atoms with van der Waals surface area (Å²) in [5.74, 6) is -0.337. The average molecular weight is 219 g/mol. The van der Waals surface area contributed by atoms with Crippen LogP contribution in [-0.2, 0) is 9.53 Å². The van der Waals surface area contributed by atoms with Crippen LogP contribution < -0.4 is 0 Å². The molecule has 15 heavy (non-hydrogen) atoms. The highest BCUT2D eigenvalue weighted by atomic mass is 32.2. The number of nitrogens with zero attached hydrogens (tertiary/aromatic N) is 1. The van der Waals surface area contributed by atoms with E-state index in [2.05, 4.69) is 4.40 Å². The van der Waals surface area contributed by atoms with Crippen molar-refractivity contribution in [1.29, 1.82) is 0 Å². The monoisotopic (exact) mass is 219 g/mol. The van der Waals surface area contributed by atoms with Crippen LogP contribution >= 0.6 is 11.9 Å². The lowest BCUT2D eigenvalue weighted by molar-refractivity contribution is -0.133. The third-order valence-electron chi connectivity index (χ3n) is 2.04. The summed E-state index contributed by atoms with van der Waals surface area (Å²) in [6.45, 7) is 0. The molecule has 1 aliphatic rings. The topological polar surface area (TPSA) is 38.7 Å². The Morgan fingerprint density at radius 2 is 2.20 bits per heavy atom. The van der Waals surface area contributed by atoms with Crippen molar-refractivity contribution < 1.29 is 9.53 Å². The largest absolute Gasteiger partial charge is 0.465 e. The quantitative estimate of drug-likeness (QED) is 0.537. The number of hydrogen-bond acceptors (Lipinski definition) is 4. The molecule has 4 heteroatoms. The molecule has 0 aromatic heterocycles. The zero-order valence-corrected chi connectivity index (χ0v) is 8.95. The van der Waals surface area contributed by atoms with Crippen molar-refractivity contribution in [3.8, 4) is 0 Å². The van der Waals surface area contributed by atoms with Crippen LogP contribution in [0.5, 0.6) is 0 Å². The lowest BCUT2D eigenvalue weighted by Gasteiger charge is -2.06. The molecular weight excluding hydrogens is 210 g/mol. The first kappa shape index (κ1) is 9.98. The van der Waals surface area contributed by atoms with E-state index in [1.54, 1.807) is 12.3 Å². The number of carbonyl (C=O) groups excluding carboxylic acids is 1. The van der Waals surface area contributed by atoms with Crippen LogP contribution in [0.25, 0.3) is 5.57 Å². The Balaban J connectivity index is 2.52. The van der Waals surface area contributed by atoms with Gasteiger partial charge in [0.1, 0.15) is 0 Å². The molecule has 3 nitrogen and oxygen atoms in total. The number of allylic oxidation sites excluding steroid dienone is 1. The first-order valence-electron chi connectivity index (χ1n) is 4.41. The van der Waals surface area contributed by atoms with Crippen molar-refractivity contribution in [1.82, 2.24) is 0 Å². The number of fused-ring (bicyclic) bond motifs is 1. The van der Waals surface area contributed by atoms with Gasteiger partial charge in [0, 0.05) is 28.6 Å². The van der Waals surface area contributed by atoms with Crippen LogP contribution in [0.1, 0.15) is 5.56 Å². The Morgan fingerprint density at radius 1 is 1.40 bits per heavy atom. The number of benzene rings is 1.